The van der Waals surface area contributed by atoms with E-state index in [1.807, 2.05) is 0 Å². The predicted octanol–water partition coefficient (Wildman–Crippen LogP) is 6.06. The number of carbonyl (C=O) groups excluding carboxylic acids is 2. The summed E-state index contributed by atoms with van der Waals surface area (Å²) in [6.07, 6.45) is 5.81. The molecule has 0 bridgehead atoms. The van der Waals surface area contributed by atoms with Crippen LogP contribution < -0.4 is 15.4 Å². The van der Waals surface area contributed by atoms with Gasteiger partial charge < -0.3 is 15.4 Å². The van der Waals surface area contributed by atoms with Crippen molar-refractivity contribution in [3.05, 3.63) is 18.2 Å². The first-order chi connectivity index (χ1) is 13.8. The summed E-state index contributed by atoms with van der Waals surface area (Å²) in [7, 11) is 1.27. The zero-order chi connectivity index (χ0) is 21.7. The standard InChI is InChI=1S/C21H31F3N2O3/c1-3-4-5-6-7-8-9-10-11-12-19(27)25-16-13-14-17(18(15-16)29-2)26-20(28)21(22,23)24/h13-15H,3-12H2,1-2H3,(H,25,27)(H,26,28). The molecule has 0 aromatic heterocycles. The second-order valence-corrected chi connectivity index (χ2v) is 6.99. The molecule has 0 fully saturated rings. The number of methoxy groups -OCH3 is 1. The molecule has 2 N–H and O–H groups in total. The van der Waals surface area contributed by atoms with Crippen LogP contribution in [0.2, 0.25) is 0 Å². The maximum Gasteiger partial charge on any atom is 0.471 e. The number of alkyl halides is 3. The monoisotopic (exact) mass is 416 g/mol. The molecule has 29 heavy (non-hydrogen) atoms. The molecule has 0 atom stereocenters. The van der Waals surface area contributed by atoms with Gasteiger partial charge in [0.1, 0.15) is 5.75 Å². The Kier molecular flexibility index (Phi) is 11.2. The maximum atomic E-state index is 12.4. The highest BCUT2D eigenvalue weighted by Crippen LogP contribution is 2.29. The van der Waals surface area contributed by atoms with Crippen molar-refractivity contribution < 1.29 is 27.5 Å². The van der Waals surface area contributed by atoms with Gasteiger partial charge in [-0.2, -0.15) is 13.2 Å². The van der Waals surface area contributed by atoms with Crippen molar-refractivity contribution in [1.82, 2.24) is 0 Å². The molecule has 1 aromatic carbocycles. The number of amides is 2. The molecule has 0 heterocycles. The van der Waals surface area contributed by atoms with E-state index in [0.717, 1.165) is 19.3 Å². The van der Waals surface area contributed by atoms with E-state index in [-0.39, 0.29) is 17.3 Å². The van der Waals surface area contributed by atoms with E-state index < -0.39 is 12.1 Å². The highest BCUT2D eigenvalue weighted by molar-refractivity contribution is 5.97. The van der Waals surface area contributed by atoms with E-state index in [4.69, 9.17) is 4.74 Å². The van der Waals surface area contributed by atoms with E-state index >= 15 is 0 Å². The lowest BCUT2D eigenvalue weighted by molar-refractivity contribution is -0.167. The van der Waals surface area contributed by atoms with Crippen molar-refractivity contribution >= 4 is 23.2 Å². The van der Waals surface area contributed by atoms with Crippen LogP contribution in [0.3, 0.4) is 0 Å². The number of nitrogens with one attached hydrogen (secondary N) is 2. The van der Waals surface area contributed by atoms with E-state index in [0.29, 0.717) is 12.1 Å². The minimum atomic E-state index is -4.99. The fourth-order valence-corrected chi connectivity index (χ4v) is 2.89. The molecule has 0 aliphatic rings. The Morgan fingerprint density at radius 3 is 2.07 bits per heavy atom. The van der Waals surface area contributed by atoms with Crippen molar-refractivity contribution in [2.24, 2.45) is 0 Å². The van der Waals surface area contributed by atoms with Gasteiger partial charge >= 0.3 is 12.1 Å². The van der Waals surface area contributed by atoms with Crippen LogP contribution in [0, 0.1) is 0 Å². The first-order valence-corrected chi connectivity index (χ1v) is 10.1. The highest BCUT2D eigenvalue weighted by atomic mass is 19.4. The van der Waals surface area contributed by atoms with E-state index in [2.05, 4.69) is 12.2 Å². The summed E-state index contributed by atoms with van der Waals surface area (Å²) in [6, 6.07) is 4.06. The third kappa shape index (κ3) is 10.2. The van der Waals surface area contributed by atoms with Crippen LogP contribution in [0.25, 0.3) is 0 Å². The molecule has 0 unspecified atom stereocenters. The fourth-order valence-electron chi connectivity index (χ4n) is 2.89. The van der Waals surface area contributed by atoms with Gasteiger partial charge in [-0.1, -0.05) is 58.3 Å². The molecule has 0 saturated heterocycles. The number of anilines is 2. The van der Waals surface area contributed by atoms with Gasteiger partial charge in [0.25, 0.3) is 0 Å². The van der Waals surface area contributed by atoms with Crippen molar-refractivity contribution in [3.8, 4) is 5.75 Å². The molecule has 0 aliphatic carbocycles. The molecule has 5 nitrogen and oxygen atoms in total. The average molecular weight is 416 g/mol. The van der Waals surface area contributed by atoms with Gasteiger partial charge in [0.2, 0.25) is 5.91 Å². The molecule has 2 amide bonds. The first kappa shape index (κ1) is 24.8. The number of hydrogen-bond acceptors (Lipinski definition) is 3. The van der Waals surface area contributed by atoms with Crippen LogP contribution in [0.5, 0.6) is 5.75 Å². The van der Waals surface area contributed by atoms with Crippen molar-refractivity contribution in [2.45, 2.75) is 77.3 Å². The second kappa shape index (κ2) is 13.1. The Morgan fingerprint density at radius 1 is 0.931 bits per heavy atom. The molecular formula is C21H31F3N2O3. The lowest BCUT2D eigenvalue weighted by Crippen LogP contribution is -2.30. The highest BCUT2D eigenvalue weighted by Gasteiger charge is 2.39. The summed E-state index contributed by atoms with van der Waals surface area (Å²) < 4.78 is 42.1. The summed E-state index contributed by atoms with van der Waals surface area (Å²) >= 11 is 0. The number of benzene rings is 1. The van der Waals surface area contributed by atoms with Crippen molar-refractivity contribution in [3.63, 3.8) is 0 Å². The van der Waals surface area contributed by atoms with Gasteiger partial charge in [-0.15, -0.1) is 0 Å². The number of carbonyl (C=O) groups is 2. The number of hydrogen-bond donors (Lipinski definition) is 2. The van der Waals surface area contributed by atoms with E-state index in [1.165, 1.54) is 63.8 Å². The van der Waals surface area contributed by atoms with Gasteiger partial charge in [0.05, 0.1) is 12.8 Å². The zero-order valence-electron chi connectivity index (χ0n) is 17.2. The quantitative estimate of drug-likeness (QED) is 0.384. The van der Waals surface area contributed by atoms with Crippen LogP contribution in [-0.4, -0.2) is 25.1 Å². The predicted molar refractivity (Wildman–Crippen MR) is 108 cm³/mol. The number of halogens is 3. The lowest BCUT2D eigenvalue weighted by atomic mass is 10.1. The zero-order valence-corrected chi connectivity index (χ0v) is 17.2. The van der Waals surface area contributed by atoms with Crippen LogP contribution >= 0.6 is 0 Å². The summed E-state index contributed by atoms with van der Waals surface area (Å²) in [6.45, 7) is 2.20. The van der Waals surface area contributed by atoms with Crippen LogP contribution in [0.15, 0.2) is 18.2 Å². The first-order valence-electron chi connectivity index (χ1n) is 10.1. The molecule has 1 aromatic rings. The third-order valence-electron chi connectivity index (χ3n) is 4.50. The fraction of sp³-hybridized carbons (Fsp3) is 0.619. The summed E-state index contributed by atoms with van der Waals surface area (Å²) in [5, 5.41) is 4.45. The van der Waals surface area contributed by atoms with Crippen LogP contribution in [-0.2, 0) is 9.59 Å². The molecule has 0 aliphatic heterocycles. The van der Waals surface area contributed by atoms with Crippen molar-refractivity contribution in [1.29, 1.82) is 0 Å². The van der Waals surface area contributed by atoms with E-state index in [9.17, 15) is 22.8 Å². The normalized spacial score (nSPS) is 11.2. The lowest BCUT2D eigenvalue weighted by Gasteiger charge is -2.13. The minimum absolute atomic E-state index is 0.0310. The molecular weight excluding hydrogens is 385 g/mol. The van der Waals surface area contributed by atoms with Gasteiger partial charge in [-0.25, -0.2) is 0 Å². The van der Waals surface area contributed by atoms with Gasteiger partial charge in [-0.05, 0) is 18.6 Å². The summed E-state index contributed by atoms with van der Waals surface area (Å²) in [5.41, 5.74) is 0.277. The van der Waals surface area contributed by atoms with Gasteiger partial charge in [0.15, 0.2) is 0 Å². The molecule has 0 saturated carbocycles. The Hall–Kier alpha value is -2.25. The molecule has 0 spiro atoms. The third-order valence-corrected chi connectivity index (χ3v) is 4.50. The maximum absolute atomic E-state index is 12.4. The summed E-state index contributed by atoms with van der Waals surface area (Å²) in [4.78, 5) is 23.1. The number of ether oxygens (including phenoxy) is 1. The minimum Gasteiger partial charge on any atom is -0.494 e. The number of rotatable bonds is 13. The smallest absolute Gasteiger partial charge is 0.471 e. The molecule has 0 radical (unpaired) electrons. The molecule has 1 rings (SSSR count). The van der Waals surface area contributed by atoms with Crippen LogP contribution in [0.4, 0.5) is 24.5 Å². The Morgan fingerprint density at radius 2 is 1.52 bits per heavy atom. The van der Waals surface area contributed by atoms with Gasteiger partial charge in [-0.3, -0.25) is 9.59 Å². The Balaban J connectivity index is 2.37. The SMILES string of the molecule is CCCCCCCCCCCC(=O)Nc1ccc(NC(=O)C(F)(F)F)c(OC)c1. The second-order valence-electron chi connectivity index (χ2n) is 6.99. The Bertz CT molecular complexity index is 649. The Labute approximate surface area is 170 Å². The van der Waals surface area contributed by atoms with Gasteiger partial charge in [0, 0.05) is 18.2 Å². The molecule has 8 heteroatoms. The summed E-state index contributed by atoms with van der Waals surface area (Å²) in [5.74, 6) is -2.22. The van der Waals surface area contributed by atoms with E-state index in [1.54, 1.807) is 5.32 Å². The van der Waals surface area contributed by atoms with Crippen molar-refractivity contribution in [2.75, 3.05) is 17.7 Å². The number of unbranched alkanes of at least 4 members (excludes halogenated alkanes) is 8. The topological polar surface area (TPSA) is 67.4 Å². The molecule has 164 valence electrons. The van der Waals surface area contributed by atoms with Crippen LogP contribution in [0.1, 0.15) is 71.1 Å². The average Bonchev–Trinajstić information content (AvgIpc) is 2.67. The largest absolute Gasteiger partial charge is 0.494 e.